The van der Waals surface area contributed by atoms with Gasteiger partial charge in [-0.05, 0) is 12.8 Å². The minimum atomic E-state index is -1.90. The summed E-state index contributed by atoms with van der Waals surface area (Å²) in [6.45, 7) is 10.8. The van der Waals surface area contributed by atoms with Crippen LogP contribution < -0.4 is 0 Å². The van der Waals surface area contributed by atoms with E-state index in [1.807, 2.05) is 13.8 Å². The zero-order valence-electron chi connectivity index (χ0n) is 16.6. The largest absolute Gasteiger partial charge is 0.459 e. The van der Waals surface area contributed by atoms with Gasteiger partial charge in [0, 0.05) is 31.9 Å². The smallest absolute Gasteiger partial charge is 0.308 e. The Morgan fingerprint density at radius 2 is 2.00 bits per heavy atom. The summed E-state index contributed by atoms with van der Waals surface area (Å²) in [7, 11) is 0. The molecule has 1 saturated carbocycles. The molecule has 1 heterocycles. The molecule has 1 aliphatic heterocycles. The Bertz CT molecular complexity index is 623. The van der Waals surface area contributed by atoms with Gasteiger partial charge in [-0.25, -0.2) is 0 Å². The van der Waals surface area contributed by atoms with Crippen LogP contribution in [-0.4, -0.2) is 64.5 Å². The zero-order valence-corrected chi connectivity index (χ0v) is 17.4. The molecule has 0 aromatic heterocycles. The summed E-state index contributed by atoms with van der Waals surface area (Å²) in [5.74, 6) is -2.75. The number of rotatable bonds is 7. The van der Waals surface area contributed by atoms with Gasteiger partial charge in [0.2, 0.25) is 6.29 Å². The van der Waals surface area contributed by atoms with Crippen LogP contribution in [-0.2, 0) is 28.5 Å². The standard InChI is InChI=1S/C19H29ClO8/c1-6-25-16-11(4)18(23)8-13(26-12(5)21)19(24,9-20)15(18)17(28-16)27-14(22)7-10(2)3/h10,13,15-17,23-24H,4,6-9H2,1-3,5H3. The SMILES string of the molecule is C=C1C(OCC)OC(OC(=O)CC(C)C)C2C1(O)CC(OC(C)=O)C2(O)CCl. The van der Waals surface area contributed by atoms with E-state index in [9.17, 15) is 19.8 Å². The maximum atomic E-state index is 12.3. The number of fused-ring (bicyclic) bond motifs is 1. The van der Waals surface area contributed by atoms with Gasteiger partial charge in [0.15, 0.2) is 6.29 Å². The predicted octanol–water partition coefficient (Wildman–Crippen LogP) is 1.50. The van der Waals surface area contributed by atoms with Crippen molar-refractivity contribution in [3.05, 3.63) is 12.2 Å². The molecule has 1 saturated heterocycles. The van der Waals surface area contributed by atoms with E-state index in [-0.39, 0.29) is 36.8 Å². The Morgan fingerprint density at radius 3 is 2.50 bits per heavy atom. The third-order valence-corrected chi connectivity index (χ3v) is 5.57. The van der Waals surface area contributed by atoms with Crippen LogP contribution in [0.2, 0.25) is 0 Å². The van der Waals surface area contributed by atoms with Crippen molar-refractivity contribution in [1.29, 1.82) is 0 Å². The molecule has 0 aromatic rings. The second-order valence-corrected chi connectivity index (χ2v) is 8.00. The highest BCUT2D eigenvalue weighted by atomic mass is 35.5. The van der Waals surface area contributed by atoms with Crippen LogP contribution in [0.4, 0.5) is 0 Å². The molecule has 2 aliphatic rings. The number of carbonyl (C=O) groups excluding carboxylic acids is 2. The average Bonchev–Trinajstić information content (AvgIpc) is 2.80. The van der Waals surface area contributed by atoms with Gasteiger partial charge in [-0.15, -0.1) is 11.6 Å². The van der Waals surface area contributed by atoms with Crippen LogP contribution in [0.25, 0.3) is 0 Å². The minimum absolute atomic E-state index is 0.0388. The Balaban J connectivity index is 2.44. The highest BCUT2D eigenvalue weighted by Crippen LogP contribution is 2.55. The van der Waals surface area contributed by atoms with Crippen molar-refractivity contribution in [1.82, 2.24) is 0 Å². The van der Waals surface area contributed by atoms with Crippen molar-refractivity contribution in [2.24, 2.45) is 11.8 Å². The Kier molecular flexibility index (Phi) is 7.15. The molecule has 0 amide bonds. The van der Waals surface area contributed by atoms with Crippen molar-refractivity contribution in [2.75, 3.05) is 12.5 Å². The normalized spacial score (nSPS) is 37.6. The van der Waals surface area contributed by atoms with Crippen LogP contribution in [0, 0.1) is 11.8 Å². The van der Waals surface area contributed by atoms with E-state index < -0.39 is 47.7 Å². The molecule has 2 rings (SSSR count). The predicted molar refractivity (Wildman–Crippen MR) is 99.3 cm³/mol. The third kappa shape index (κ3) is 4.21. The minimum Gasteiger partial charge on any atom is -0.459 e. The maximum absolute atomic E-state index is 12.3. The van der Waals surface area contributed by atoms with Crippen molar-refractivity contribution in [3.8, 4) is 0 Å². The molecule has 1 aliphatic carbocycles. The molecule has 2 fully saturated rings. The van der Waals surface area contributed by atoms with E-state index in [4.69, 9.17) is 30.5 Å². The summed E-state index contributed by atoms with van der Waals surface area (Å²) in [6.07, 6.45) is -3.60. The van der Waals surface area contributed by atoms with Crippen LogP contribution in [0.5, 0.6) is 0 Å². The van der Waals surface area contributed by atoms with Crippen LogP contribution in [0.15, 0.2) is 12.2 Å². The lowest BCUT2D eigenvalue weighted by molar-refractivity contribution is -0.303. The molecule has 2 N–H and O–H groups in total. The highest BCUT2D eigenvalue weighted by Gasteiger charge is 2.70. The Morgan fingerprint density at radius 1 is 1.36 bits per heavy atom. The van der Waals surface area contributed by atoms with Crippen molar-refractivity contribution in [3.63, 3.8) is 0 Å². The number of ether oxygens (including phenoxy) is 4. The van der Waals surface area contributed by atoms with Crippen molar-refractivity contribution >= 4 is 23.5 Å². The van der Waals surface area contributed by atoms with E-state index >= 15 is 0 Å². The molecule has 0 spiro atoms. The fraction of sp³-hybridized carbons (Fsp3) is 0.789. The van der Waals surface area contributed by atoms with Crippen LogP contribution >= 0.6 is 11.6 Å². The number of hydrogen-bond acceptors (Lipinski definition) is 8. The first-order chi connectivity index (χ1) is 13.0. The summed E-state index contributed by atoms with van der Waals surface area (Å²) in [5, 5.41) is 22.7. The maximum Gasteiger partial charge on any atom is 0.308 e. The van der Waals surface area contributed by atoms with Crippen LogP contribution in [0.3, 0.4) is 0 Å². The number of alkyl halides is 1. The molecule has 8 nitrogen and oxygen atoms in total. The summed E-state index contributed by atoms with van der Waals surface area (Å²) in [6, 6.07) is 0. The monoisotopic (exact) mass is 420 g/mol. The summed E-state index contributed by atoms with van der Waals surface area (Å²) in [4.78, 5) is 23.8. The lowest BCUT2D eigenvalue weighted by Crippen LogP contribution is -2.61. The number of hydrogen-bond donors (Lipinski definition) is 2. The molecular weight excluding hydrogens is 392 g/mol. The molecule has 28 heavy (non-hydrogen) atoms. The molecular formula is C19H29ClO8. The van der Waals surface area contributed by atoms with E-state index in [0.29, 0.717) is 0 Å². The Labute approximate surface area is 169 Å². The zero-order chi connectivity index (χ0) is 21.3. The van der Waals surface area contributed by atoms with Gasteiger partial charge in [0.05, 0.1) is 11.8 Å². The quantitative estimate of drug-likeness (QED) is 0.362. The average molecular weight is 421 g/mol. The lowest BCUT2D eigenvalue weighted by atomic mass is 9.76. The van der Waals surface area contributed by atoms with E-state index in [2.05, 4.69) is 6.58 Å². The lowest BCUT2D eigenvalue weighted by Gasteiger charge is -2.47. The summed E-state index contributed by atoms with van der Waals surface area (Å²) < 4.78 is 21.9. The molecule has 0 aromatic carbocycles. The van der Waals surface area contributed by atoms with E-state index in [0.717, 1.165) is 0 Å². The molecule has 0 bridgehead atoms. The fourth-order valence-corrected chi connectivity index (χ4v) is 4.23. The Hall–Kier alpha value is -1.19. The summed E-state index contributed by atoms with van der Waals surface area (Å²) in [5.41, 5.74) is -3.52. The molecule has 6 atom stereocenters. The van der Waals surface area contributed by atoms with Gasteiger partial charge in [-0.2, -0.15) is 0 Å². The first-order valence-electron chi connectivity index (χ1n) is 9.33. The third-order valence-electron chi connectivity index (χ3n) is 5.14. The van der Waals surface area contributed by atoms with Crippen molar-refractivity contribution in [2.45, 2.75) is 70.4 Å². The molecule has 6 unspecified atom stereocenters. The van der Waals surface area contributed by atoms with Gasteiger partial charge in [-0.1, -0.05) is 20.4 Å². The molecule has 160 valence electrons. The first kappa shape index (κ1) is 23.1. The molecule has 9 heteroatoms. The van der Waals surface area contributed by atoms with Gasteiger partial charge >= 0.3 is 11.9 Å². The van der Waals surface area contributed by atoms with Crippen molar-refractivity contribution < 1.29 is 38.7 Å². The second-order valence-electron chi connectivity index (χ2n) is 7.73. The highest BCUT2D eigenvalue weighted by molar-refractivity contribution is 6.18. The van der Waals surface area contributed by atoms with Gasteiger partial charge in [0.1, 0.15) is 17.3 Å². The second kappa shape index (κ2) is 8.67. The van der Waals surface area contributed by atoms with Gasteiger partial charge in [-0.3, -0.25) is 9.59 Å². The number of esters is 2. The van der Waals surface area contributed by atoms with E-state index in [1.165, 1.54) is 6.92 Å². The topological polar surface area (TPSA) is 112 Å². The van der Waals surface area contributed by atoms with E-state index in [1.54, 1.807) is 6.92 Å². The fourth-order valence-electron chi connectivity index (χ4n) is 3.89. The summed E-state index contributed by atoms with van der Waals surface area (Å²) >= 11 is 6.03. The number of carbonyl (C=O) groups is 2. The molecule has 0 radical (unpaired) electrons. The van der Waals surface area contributed by atoms with Gasteiger partial charge in [0.25, 0.3) is 0 Å². The number of halogens is 1. The van der Waals surface area contributed by atoms with Gasteiger partial charge < -0.3 is 29.2 Å². The number of aliphatic hydroxyl groups is 2. The first-order valence-corrected chi connectivity index (χ1v) is 9.86. The van der Waals surface area contributed by atoms with Crippen LogP contribution in [0.1, 0.15) is 40.5 Å².